The lowest BCUT2D eigenvalue weighted by molar-refractivity contribution is -0.0565. The van der Waals surface area contributed by atoms with E-state index in [4.69, 9.17) is 9.47 Å². The smallest absolute Gasteiger partial charge is 0.130 e. The number of ether oxygens (including phenoxy) is 2. The van der Waals surface area contributed by atoms with Crippen LogP contribution in [-0.2, 0) is 15.9 Å². The lowest BCUT2D eigenvalue weighted by atomic mass is 10.0. The first-order chi connectivity index (χ1) is 9.62. The third-order valence-corrected chi connectivity index (χ3v) is 4.02. The standard InChI is InChI=1S/C14H26N4O2/c1-6-17-8-7-11-13(15-16-18(11)10(2)3)14(20-5)12(9-17)19-4/h10,12,14H,6-9H2,1-5H3. The summed E-state index contributed by atoms with van der Waals surface area (Å²) >= 11 is 0. The van der Waals surface area contributed by atoms with Gasteiger partial charge in [0.15, 0.2) is 0 Å². The third kappa shape index (κ3) is 2.87. The minimum absolute atomic E-state index is 0.0173. The fourth-order valence-electron chi connectivity index (χ4n) is 2.83. The minimum Gasteiger partial charge on any atom is -0.377 e. The van der Waals surface area contributed by atoms with Gasteiger partial charge in [-0.15, -0.1) is 5.10 Å². The van der Waals surface area contributed by atoms with Crippen LogP contribution in [0.25, 0.3) is 0 Å². The number of hydrogen-bond donors (Lipinski definition) is 0. The van der Waals surface area contributed by atoms with Gasteiger partial charge in [0.05, 0.1) is 5.69 Å². The molecule has 0 fully saturated rings. The second-order valence-electron chi connectivity index (χ2n) is 5.53. The molecular weight excluding hydrogens is 256 g/mol. The van der Waals surface area contributed by atoms with Gasteiger partial charge in [0.2, 0.25) is 0 Å². The minimum atomic E-state index is -0.156. The van der Waals surface area contributed by atoms with Crippen LogP contribution in [0.3, 0.4) is 0 Å². The molecule has 20 heavy (non-hydrogen) atoms. The number of fused-ring (bicyclic) bond motifs is 1. The monoisotopic (exact) mass is 282 g/mol. The molecule has 2 atom stereocenters. The van der Waals surface area contributed by atoms with Crippen molar-refractivity contribution >= 4 is 0 Å². The van der Waals surface area contributed by atoms with Gasteiger partial charge in [0.25, 0.3) is 0 Å². The Morgan fingerprint density at radius 2 is 2.05 bits per heavy atom. The van der Waals surface area contributed by atoms with Crippen molar-refractivity contribution in [2.24, 2.45) is 0 Å². The second-order valence-corrected chi connectivity index (χ2v) is 5.53. The van der Waals surface area contributed by atoms with E-state index in [1.54, 1.807) is 14.2 Å². The van der Waals surface area contributed by atoms with Gasteiger partial charge in [-0.05, 0) is 20.4 Å². The Labute approximate surface area is 121 Å². The van der Waals surface area contributed by atoms with Crippen LogP contribution < -0.4 is 0 Å². The summed E-state index contributed by atoms with van der Waals surface area (Å²) in [4.78, 5) is 2.39. The number of nitrogens with zero attached hydrogens (tertiary/aromatic N) is 4. The molecule has 0 aromatic carbocycles. The molecule has 0 bridgehead atoms. The molecule has 0 N–H and O–H groups in total. The number of hydrogen-bond acceptors (Lipinski definition) is 5. The van der Waals surface area contributed by atoms with Crippen LogP contribution in [0.5, 0.6) is 0 Å². The van der Waals surface area contributed by atoms with Crippen LogP contribution in [0, 0.1) is 0 Å². The summed E-state index contributed by atoms with van der Waals surface area (Å²) in [6, 6.07) is 0.305. The molecule has 1 aromatic heterocycles. The zero-order valence-electron chi connectivity index (χ0n) is 13.2. The van der Waals surface area contributed by atoms with E-state index in [1.807, 2.05) is 4.68 Å². The molecule has 1 aliphatic heterocycles. The maximum absolute atomic E-state index is 5.68. The molecule has 0 saturated heterocycles. The fraction of sp³-hybridized carbons (Fsp3) is 0.857. The van der Waals surface area contributed by atoms with Gasteiger partial charge in [0, 0.05) is 39.8 Å². The van der Waals surface area contributed by atoms with Crippen LogP contribution in [0.1, 0.15) is 44.3 Å². The first kappa shape index (κ1) is 15.4. The van der Waals surface area contributed by atoms with E-state index >= 15 is 0 Å². The molecule has 2 rings (SSSR count). The summed E-state index contributed by atoms with van der Waals surface area (Å²) in [5, 5.41) is 8.68. The van der Waals surface area contributed by atoms with Gasteiger partial charge in [0.1, 0.15) is 17.9 Å². The van der Waals surface area contributed by atoms with Crippen molar-refractivity contribution in [2.45, 2.75) is 45.4 Å². The summed E-state index contributed by atoms with van der Waals surface area (Å²) in [5.74, 6) is 0. The zero-order valence-corrected chi connectivity index (χ0v) is 13.2. The summed E-state index contributed by atoms with van der Waals surface area (Å²) < 4.78 is 13.3. The molecule has 1 aromatic rings. The van der Waals surface area contributed by atoms with Crippen molar-refractivity contribution in [3.05, 3.63) is 11.4 Å². The quantitative estimate of drug-likeness (QED) is 0.836. The van der Waals surface area contributed by atoms with Crippen molar-refractivity contribution in [1.82, 2.24) is 19.9 Å². The topological polar surface area (TPSA) is 52.4 Å². The Morgan fingerprint density at radius 1 is 1.30 bits per heavy atom. The predicted octanol–water partition coefficient (Wildman–Crippen LogP) is 1.44. The molecule has 0 amide bonds. The van der Waals surface area contributed by atoms with Crippen LogP contribution >= 0.6 is 0 Å². The third-order valence-electron chi connectivity index (χ3n) is 4.02. The van der Waals surface area contributed by atoms with E-state index in [0.29, 0.717) is 6.04 Å². The molecule has 114 valence electrons. The van der Waals surface area contributed by atoms with Crippen LogP contribution in [0.2, 0.25) is 0 Å². The Bertz CT molecular complexity index is 433. The molecule has 0 spiro atoms. The van der Waals surface area contributed by atoms with Crippen molar-refractivity contribution in [3.63, 3.8) is 0 Å². The molecule has 0 saturated carbocycles. The van der Waals surface area contributed by atoms with Gasteiger partial charge in [-0.2, -0.15) is 0 Å². The Kier molecular flexibility index (Phi) is 5.12. The predicted molar refractivity (Wildman–Crippen MR) is 76.8 cm³/mol. The first-order valence-electron chi connectivity index (χ1n) is 7.34. The summed E-state index contributed by atoms with van der Waals surface area (Å²) in [5.41, 5.74) is 2.11. The molecule has 2 unspecified atom stereocenters. The van der Waals surface area contributed by atoms with E-state index in [0.717, 1.165) is 31.7 Å². The Morgan fingerprint density at radius 3 is 2.60 bits per heavy atom. The maximum atomic E-state index is 5.68. The van der Waals surface area contributed by atoms with E-state index in [1.165, 1.54) is 5.69 Å². The van der Waals surface area contributed by atoms with E-state index < -0.39 is 0 Å². The molecule has 1 aliphatic rings. The van der Waals surface area contributed by atoms with Gasteiger partial charge in [-0.25, -0.2) is 4.68 Å². The van der Waals surface area contributed by atoms with Gasteiger partial charge in [-0.1, -0.05) is 12.1 Å². The fourth-order valence-corrected chi connectivity index (χ4v) is 2.83. The van der Waals surface area contributed by atoms with Crippen LogP contribution in [-0.4, -0.2) is 59.9 Å². The summed E-state index contributed by atoms with van der Waals surface area (Å²) in [6.07, 6.45) is 0.776. The van der Waals surface area contributed by atoms with Crippen LogP contribution in [0.15, 0.2) is 0 Å². The Hall–Kier alpha value is -0.980. The van der Waals surface area contributed by atoms with Crippen molar-refractivity contribution in [3.8, 4) is 0 Å². The van der Waals surface area contributed by atoms with Crippen molar-refractivity contribution < 1.29 is 9.47 Å². The zero-order chi connectivity index (χ0) is 14.7. The van der Waals surface area contributed by atoms with Crippen molar-refractivity contribution in [1.29, 1.82) is 0 Å². The number of aromatic nitrogens is 3. The van der Waals surface area contributed by atoms with E-state index in [9.17, 15) is 0 Å². The highest BCUT2D eigenvalue weighted by Crippen LogP contribution is 2.28. The first-order valence-corrected chi connectivity index (χ1v) is 7.34. The van der Waals surface area contributed by atoms with Crippen molar-refractivity contribution in [2.75, 3.05) is 33.9 Å². The average Bonchev–Trinajstić information content (AvgIpc) is 2.83. The van der Waals surface area contributed by atoms with Gasteiger partial charge >= 0.3 is 0 Å². The Balaban J connectivity index is 2.41. The summed E-state index contributed by atoms with van der Waals surface area (Å²) in [7, 11) is 3.45. The average molecular weight is 282 g/mol. The second kappa shape index (κ2) is 6.65. The maximum Gasteiger partial charge on any atom is 0.130 e. The largest absolute Gasteiger partial charge is 0.377 e. The SMILES string of the molecule is CCN1CCc2c(nnn2C(C)C)C(OC)C(OC)C1. The number of likely N-dealkylation sites (N-methyl/N-ethyl adjacent to an activating group) is 1. The van der Waals surface area contributed by atoms with E-state index in [-0.39, 0.29) is 12.2 Å². The molecule has 0 aliphatic carbocycles. The molecular formula is C14H26N4O2. The van der Waals surface area contributed by atoms with E-state index in [2.05, 4.69) is 36.0 Å². The molecule has 6 heteroatoms. The van der Waals surface area contributed by atoms with Gasteiger partial charge in [-0.3, -0.25) is 0 Å². The molecule has 0 radical (unpaired) electrons. The number of methoxy groups -OCH3 is 2. The van der Waals surface area contributed by atoms with Gasteiger partial charge < -0.3 is 14.4 Å². The normalized spacial score (nSPS) is 24.5. The lowest BCUT2D eigenvalue weighted by Crippen LogP contribution is -2.41. The van der Waals surface area contributed by atoms with Crippen LogP contribution in [0.4, 0.5) is 0 Å². The molecule has 2 heterocycles. The highest BCUT2D eigenvalue weighted by molar-refractivity contribution is 5.17. The number of rotatable bonds is 4. The molecule has 6 nitrogen and oxygen atoms in total. The lowest BCUT2D eigenvalue weighted by Gasteiger charge is -2.32. The summed E-state index contributed by atoms with van der Waals surface area (Å²) in [6.45, 7) is 9.30. The highest BCUT2D eigenvalue weighted by Gasteiger charge is 2.33. The highest BCUT2D eigenvalue weighted by atomic mass is 16.5.